The van der Waals surface area contributed by atoms with Crippen molar-refractivity contribution in [1.82, 2.24) is 15.0 Å². The minimum Gasteiger partial charge on any atom is -0.364 e. The average Bonchev–Trinajstić information content (AvgIpc) is 2.78. The molecule has 7 heteroatoms. The van der Waals surface area contributed by atoms with Gasteiger partial charge in [-0.1, -0.05) is 25.1 Å². The normalized spacial score (nSPS) is 14.9. The zero-order valence-corrected chi connectivity index (χ0v) is 17.3. The van der Waals surface area contributed by atoms with Crippen LogP contribution in [-0.4, -0.2) is 33.9 Å². The predicted molar refractivity (Wildman–Crippen MR) is 122 cm³/mol. The number of nitrogens with two attached hydrogens (primary N) is 1. The van der Waals surface area contributed by atoms with Gasteiger partial charge in [0.25, 0.3) is 5.91 Å². The van der Waals surface area contributed by atoms with Gasteiger partial charge in [0, 0.05) is 36.3 Å². The topological polar surface area (TPSA) is 105 Å². The number of primary amides is 1. The highest BCUT2D eigenvalue weighted by Gasteiger charge is 2.22. The lowest BCUT2D eigenvalue weighted by Gasteiger charge is -2.32. The Morgan fingerprint density at radius 1 is 1.16 bits per heavy atom. The molecule has 5 rings (SSSR count). The number of hydrogen-bond acceptors (Lipinski definition) is 5. The maximum Gasteiger partial charge on any atom is 0.268 e. The van der Waals surface area contributed by atoms with Crippen molar-refractivity contribution in [2.45, 2.75) is 19.8 Å². The van der Waals surface area contributed by atoms with Crippen molar-refractivity contribution in [3.63, 3.8) is 0 Å². The lowest BCUT2D eigenvalue weighted by Crippen LogP contribution is -2.33. The predicted octanol–water partition coefficient (Wildman–Crippen LogP) is 3.47. The average molecular weight is 413 g/mol. The number of carbonyl (C=O) groups excluding carboxylic acids is 1. The number of para-hydroxylation sites is 1. The van der Waals surface area contributed by atoms with Gasteiger partial charge in [-0.25, -0.2) is 4.98 Å². The number of piperidine rings is 1. The number of fused-ring (bicyclic) bond motifs is 2. The Kier molecular flexibility index (Phi) is 4.66. The van der Waals surface area contributed by atoms with Gasteiger partial charge in [-0.3, -0.25) is 14.6 Å². The second-order valence-electron chi connectivity index (χ2n) is 8.22. The molecule has 0 bridgehead atoms. The third-order valence-corrected chi connectivity index (χ3v) is 6.05. The summed E-state index contributed by atoms with van der Waals surface area (Å²) in [6.45, 7) is 4.12. The molecule has 4 aromatic rings. The molecule has 0 spiro atoms. The second kappa shape index (κ2) is 7.50. The van der Waals surface area contributed by atoms with Crippen molar-refractivity contribution in [2.75, 3.05) is 18.0 Å². The molecule has 1 aromatic carbocycles. The first-order chi connectivity index (χ1) is 15.0. The van der Waals surface area contributed by atoms with Gasteiger partial charge in [-0.15, -0.1) is 0 Å². The van der Waals surface area contributed by atoms with E-state index in [1.165, 1.54) is 12.3 Å². The molecule has 1 aliphatic heterocycles. The number of pyridine rings is 3. The van der Waals surface area contributed by atoms with Gasteiger partial charge in [0.15, 0.2) is 5.43 Å². The summed E-state index contributed by atoms with van der Waals surface area (Å²) in [6.07, 6.45) is 3.69. The lowest BCUT2D eigenvalue weighted by atomic mass is 9.98. The Balaban J connectivity index is 1.74. The number of nitrogens with zero attached hydrogens (tertiary/aromatic N) is 3. The van der Waals surface area contributed by atoms with E-state index in [-0.39, 0.29) is 16.5 Å². The highest BCUT2D eigenvalue weighted by Crippen LogP contribution is 2.34. The number of hydrogen-bond donors (Lipinski definition) is 2. The molecule has 1 amide bonds. The summed E-state index contributed by atoms with van der Waals surface area (Å²) >= 11 is 0. The van der Waals surface area contributed by atoms with Crippen LogP contribution in [0.2, 0.25) is 0 Å². The molecule has 0 saturated carbocycles. The van der Waals surface area contributed by atoms with Crippen LogP contribution in [0.1, 0.15) is 30.3 Å². The highest BCUT2D eigenvalue weighted by molar-refractivity contribution is 6.04. The third-order valence-electron chi connectivity index (χ3n) is 6.05. The molecule has 0 unspecified atom stereocenters. The lowest BCUT2D eigenvalue weighted by molar-refractivity contribution is 0.0997. The van der Waals surface area contributed by atoms with Gasteiger partial charge < -0.3 is 15.6 Å². The number of benzene rings is 1. The number of aromatic nitrogens is 3. The Bertz CT molecular complexity index is 1370. The number of H-pyrrole nitrogens is 1. The number of carbonyl (C=O) groups is 1. The van der Waals surface area contributed by atoms with Crippen LogP contribution < -0.4 is 16.1 Å². The SMILES string of the molecule is CC1CCN(c2nc3ccccc3cc2-c2cc(=O)c3c(C(N)=O)nccc3[nH]2)CC1. The van der Waals surface area contributed by atoms with E-state index in [1.54, 1.807) is 6.07 Å². The molecule has 1 saturated heterocycles. The van der Waals surface area contributed by atoms with Gasteiger partial charge in [0.05, 0.1) is 22.1 Å². The molecule has 1 fully saturated rings. The minimum absolute atomic E-state index is 0.0211. The smallest absolute Gasteiger partial charge is 0.268 e. The van der Waals surface area contributed by atoms with E-state index >= 15 is 0 Å². The van der Waals surface area contributed by atoms with Crippen LogP contribution in [0.5, 0.6) is 0 Å². The fourth-order valence-corrected chi connectivity index (χ4v) is 4.30. The van der Waals surface area contributed by atoms with Crippen molar-refractivity contribution in [3.05, 3.63) is 64.6 Å². The summed E-state index contributed by atoms with van der Waals surface area (Å²) in [5, 5.41) is 1.21. The summed E-state index contributed by atoms with van der Waals surface area (Å²) in [5.41, 5.74) is 8.08. The molecule has 3 aromatic heterocycles. The Morgan fingerprint density at radius 3 is 2.71 bits per heavy atom. The van der Waals surface area contributed by atoms with Crippen LogP contribution in [0.3, 0.4) is 0 Å². The fraction of sp³-hybridized carbons (Fsp3) is 0.250. The molecule has 0 atom stereocenters. The van der Waals surface area contributed by atoms with Crippen molar-refractivity contribution in [3.8, 4) is 11.3 Å². The monoisotopic (exact) mass is 413 g/mol. The second-order valence-corrected chi connectivity index (χ2v) is 8.22. The summed E-state index contributed by atoms with van der Waals surface area (Å²) in [6, 6.07) is 13.2. The third kappa shape index (κ3) is 3.42. The maximum atomic E-state index is 13.0. The first kappa shape index (κ1) is 19.2. The zero-order chi connectivity index (χ0) is 21.5. The molecular weight excluding hydrogens is 390 g/mol. The Hall–Kier alpha value is -3.74. The maximum absolute atomic E-state index is 13.0. The first-order valence-corrected chi connectivity index (χ1v) is 10.5. The summed E-state index contributed by atoms with van der Waals surface area (Å²) in [7, 11) is 0. The molecule has 31 heavy (non-hydrogen) atoms. The number of aromatic amines is 1. The quantitative estimate of drug-likeness (QED) is 0.535. The van der Waals surface area contributed by atoms with E-state index in [0.717, 1.165) is 48.2 Å². The highest BCUT2D eigenvalue weighted by atomic mass is 16.1. The molecule has 0 aliphatic carbocycles. The number of nitrogens with one attached hydrogen (secondary N) is 1. The van der Waals surface area contributed by atoms with Crippen molar-refractivity contribution >= 4 is 33.5 Å². The number of rotatable bonds is 3. The van der Waals surface area contributed by atoms with E-state index in [0.29, 0.717) is 17.1 Å². The minimum atomic E-state index is -0.723. The molecule has 7 nitrogen and oxygen atoms in total. The Morgan fingerprint density at radius 2 is 1.94 bits per heavy atom. The molecule has 3 N–H and O–H groups in total. The van der Waals surface area contributed by atoms with Gasteiger partial charge in [-0.2, -0.15) is 0 Å². The number of anilines is 1. The standard InChI is InChI=1S/C24H23N5O2/c1-14-7-10-29(11-8-14)24-16(12-15-4-2-3-5-17(15)28-24)19-13-20(30)21-18(27-19)6-9-26-22(21)23(25)31/h2-6,9,12-14H,7-8,10-11H2,1H3,(H2,25,31)(H,27,30). The van der Waals surface area contributed by atoms with E-state index in [2.05, 4.69) is 27.9 Å². The molecule has 1 aliphatic rings. The largest absolute Gasteiger partial charge is 0.364 e. The van der Waals surface area contributed by atoms with E-state index in [4.69, 9.17) is 10.7 Å². The zero-order valence-electron chi connectivity index (χ0n) is 17.3. The molecule has 156 valence electrons. The van der Waals surface area contributed by atoms with Crippen LogP contribution in [0, 0.1) is 5.92 Å². The molecular formula is C24H23N5O2. The van der Waals surface area contributed by atoms with E-state index in [1.807, 2.05) is 24.3 Å². The van der Waals surface area contributed by atoms with Crippen molar-refractivity contribution in [1.29, 1.82) is 0 Å². The van der Waals surface area contributed by atoms with E-state index in [9.17, 15) is 9.59 Å². The van der Waals surface area contributed by atoms with E-state index < -0.39 is 5.91 Å². The summed E-state index contributed by atoms with van der Waals surface area (Å²) in [4.78, 5) is 39.3. The van der Waals surface area contributed by atoms with Crippen LogP contribution in [-0.2, 0) is 0 Å². The summed E-state index contributed by atoms with van der Waals surface area (Å²) < 4.78 is 0. The van der Waals surface area contributed by atoms with Gasteiger partial charge in [0.1, 0.15) is 11.5 Å². The van der Waals surface area contributed by atoms with Crippen LogP contribution in [0.4, 0.5) is 5.82 Å². The van der Waals surface area contributed by atoms with Crippen LogP contribution in [0.25, 0.3) is 33.1 Å². The Labute approximate surface area is 178 Å². The van der Waals surface area contributed by atoms with Gasteiger partial charge in [-0.05, 0) is 37.0 Å². The van der Waals surface area contributed by atoms with Crippen molar-refractivity contribution in [2.24, 2.45) is 11.7 Å². The first-order valence-electron chi connectivity index (χ1n) is 10.5. The van der Waals surface area contributed by atoms with Crippen LogP contribution in [0.15, 0.2) is 53.5 Å². The molecule has 0 radical (unpaired) electrons. The summed E-state index contributed by atoms with van der Waals surface area (Å²) in [5.74, 6) is 0.837. The number of amides is 1. The van der Waals surface area contributed by atoms with Gasteiger partial charge >= 0.3 is 0 Å². The fourth-order valence-electron chi connectivity index (χ4n) is 4.30. The van der Waals surface area contributed by atoms with Gasteiger partial charge in [0.2, 0.25) is 0 Å². The van der Waals surface area contributed by atoms with Crippen molar-refractivity contribution < 1.29 is 4.79 Å². The molecule has 4 heterocycles. The van der Waals surface area contributed by atoms with Crippen LogP contribution >= 0.6 is 0 Å².